The van der Waals surface area contributed by atoms with Gasteiger partial charge in [0.2, 0.25) is 5.82 Å². The minimum absolute atomic E-state index is 0.313. The third kappa shape index (κ3) is 3.36. The van der Waals surface area contributed by atoms with Crippen molar-refractivity contribution in [3.8, 4) is 17.1 Å². The van der Waals surface area contributed by atoms with Crippen LogP contribution in [0.3, 0.4) is 0 Å². The lowest BCUT2D eigenvalue weighted by molar-refractivity contribution is 0.176. The summed E-state index contributed by atoms with van der Waals surface area (Å²) in [6.07, 6.45) is -0.313. The maximum atomic E-state index is 5.81. The normalized spacial score (nSPS) is 12.1. The first-order valence-corrected chi connectivity index (χ1v) is 7.74. The molecule has 0 N–H and O–H groups in total. The highest BCUT2D eigenvalue weighted by Crippen LogP contribution is 2.24. The Morgan fingerprint density at radius 1 is 1.14 bits per heavy atom. The molecule has 0 radical (unpaired) electrons. The average molecular weight is 359 g/mol. The van der Waals surface area contributed by atoms with Gasteiger partial charge in [-0.2, -0.15) is 4.98 Å². The second kappa shape index (κ2) is 6.32. The third-order valence-corrected chi connectivity index (χ3v) is 3.72. The Bertz CT molecular complexity index is 768. The molecular formula is C17H15BrN2O2. The van der Waals surface area contributed by atoms with Gasteiger partial charge in [-0.3, -0.25) is 0 Å². The fourth-order valence-corrected chi connectivity index (χ4v) is 2.33. The number of nitrogens with zero attached hydrogens (tertiary/aromatic N) is 2. The number of hydrogen-bond acceptors (Lipinski definition) is 4. The first-order chi connectivity index (χ1) is 10.6. The highest BCUT2D eigenvalue weighted by Gasteiger charge is 2.16. The standard InChI is InChI=1S/C17H15BrN2O2/c1-11-4-3-5-13(10-11)16-19-17(22-20-16)12(2)21-15-8-6-14(18)7-9-15/h3-10,12H,1-2H3/t12-/m0/s1. The molecule has 22 heavy (non-hydrogen) atoms. The van der Waals surface area contributed by atoms with Gasteiger partial charge in [0.25, 0.3) is 5.89 Å². The highest BCUT2D eigenvalue weighted by molar-refractivity contribution is 9.10. The summed E-state index contributed by atoms with van der Waals surface area (Å²) in [4.78, 5) is 4.42. The molecule has 0 aliphatic heterocycles. The lowest BCUT2D eigenvalue weighted by Gasteiger charge is -2.10. The van der Waals surface area contributed by atoms with E-state index < -0.39 is 0 Å². The molecule has 5 heteroatoms. The van der Waals surface area contributed by atoms with Gasteiger partial charge in [0, 0.05) is 10.0 Å². The van der Waals surface area contributed by atoms with Crippen LogP contribution in [0, 0.1) is 6.92 Å². The summed E-state index contributed by atoms with van der Waals surface area (Å²) in [6.45, 7) is 3.92. The molecule has 4 nitrogen and oxygen atoms in total. The molecule has 3 aromatic rings. The summed E-state index contributed by atoms with van der Waals surface area (Å²) in [5.41, 5.74) is 2.09. The molecule has 3 rings (SSSR count). The second-order valence-electron chi connectivity index (χ2n) is 5.04. The van der Waals surface area contributed by atoms with Crippen LogP contribution in [0.15, 0.2) is 57.5 Å². The van der Waals surface area contributed by atoms with Crippen molar-refractivity contribution in [2.24, 2.45) is 0 Å². The number of aromatic nitrogens is 2. The Hall–Kier alpha value is -2.14. The molecule has 1 atom stereocenters. The van der Waals surface area contributed by atoms with E-state index >= 15 is 0 Å². The SMILES string of the molecule is Cc1cccc(-c2noc([C@H](C)Oc3ccc(Br)cc3)n2)c1. The van der Waals surface area contributed by atoms with Crippen molar-refractivity contribution >= 4 is 15.9 Å². The minimum atomic E-state index is -0.313. The van der Waals surface area contributed by atoms with E-state index in [0.717, 1.165) is 21.3 Å². The van der Waals surface area contributed by atoms with Crippen LogP contribution < -0.4 is 4.74 Å². The molecular weight excluding hydrogens is 344 g/mol. The van der Waals surface area contributed by atoms with Crippen molar-refractivity contribution in [3.05, 3.63) is 64.5 Å². The lowest BCUT2D eigenvalue weighted by Crippen LogP contribution is -2.03. The first-order valence-electron chi connectivity index (χ1n) is 6.95. The van der Waals surface area contributed by atoms with Crippen molar-refractivity contribution in [1.29, 1.82) is 0 Å². The van der Waals surface area contributed by atoms with Crippen molar-refractivity contribution in [3.63, 3.8) is 0 Å². The van der Waals surface area contributed by atoms with E-state index in [2.05, 4.69) is 26.1 Å². The summed E-state index contributed by atoms with van der Waals surface area (Å²) in [7, 11) is 0. The highest BCUT2D eigenvalue weighted by atomic mass is 79.9. The monoisotopic (exact) mass is 358 g/mol. The zero-order chi connectivity index (χ0) is 15.5. The van der Waals surface area contributed by atoms with Crippen LogP contribution in [0.4, 0.5) is 0 Å². The van der Waals surface area contributed by atoms with Gasteiger partial charge in [0.05, 0.1) is 0 Å². The molecule has 1 aromatic heterocycles. The first kappa shape index (κ1) is 14.8. The van der Waals surface area contributed by atoms with E-state index in [0.29, 0.717) is 11.7 Å². The Kier molecular flexibility index (Phi) is 4.24. The molecule has 0 aliphatic rings. The van der Waals surface area contributed by atoms with Crippen molar-refractivity contribution in [1.82, 2.24) is 10.1 Å². The number of rotatable bonds is 4. The number of halogens is 1. The summed E-state index contributed by atoms with van der Waals surface area (Å²) in [6, 6.07) is 15.6. The van der Waals surface area contributed by atoms with E-state index in [4.69, 9.17) is 9.26 Å². The third-order valence-electron chi connectivity index (χ3n) is 3.19. The van der Waals surface area contributed by atoms with Crippen molar-refractivity contribution < 1.29 is 9.26 Å². The zero-order valence-corrected chi connectivity index (χ0v) is 13.9. The number of aryl methyl sites for hydroxylation is 1. The fraction of sp³-hybridized carbons (Fsp3) is 0.176. The predicted octanol–water partition coefficient (Wildman–Crippen LogP) is 4.95. The van der Waals surface area contributed by atoms with E-state index in [1.807, 2.05) is 62.4 Å². The van der Waals surface area contributed by atoms with Crippen LogP contribution in [0.2, 0.25) is 0 Å². The number of hydrogen-bond donors (Lipinski definition) is 0. The zero-order valence-electron chi connectivity index (χ0n) is 12.3. The number of ether oxygens (including phenoxy) is 1. The van der Waals surface area contributed by atoms with Gasteiger partial charge in [-0.25, -0.2) is 0 Å². The van der Waals surface area contributed by atoms with Gasteiger partial charge in [-0.15, -0.1) is 0 Å². The average Bonchev–Trinajstić information content (AvgIpc) is 3.00. The summed E-state index contributed by atoms with van der Waals surface area (Å²) < 4.78 is 12.1. The summed E-state index contributed by atoms with van der Waals surface area (Å²) in [5.74, 6) is 1.79. The molecule has 0 saturated heterocycles. The fourth-order valence-electron chi connectivity index (χ4n) is 2.07. The smallest absolute Gasteiger partial charge is 0.267 e. The Morgan fingerprint density at radius 2 is 1.91 bits per heavy atom. The van der Waals surface area contributed by atoms with Gasteiger partial charge < -0.3 is 9.26 Å². The van der Waals surface area contributed by atoms with E-state index in [1.165, 1.54) is 0 Å². The predicted molar refractivity (Wildman–Crippen MR) is 87.7 cm³/mol. The maximum absolute atomic E-state index is 5.81. The van der Waals surface area contributed by atoms with Crippen molar-refractivity contribution in [2.45, 2.75) is 20.0 Å². The summed E-state index contributed by atoms with van der Waals surface area (Å²) >= 11 is 3.40. The second-order valence-corrected chi connectivity index (χ2v) is 5.96. The van der Waals surface area contributed by atoms with Gasteiger partial charge in [-0.1, -0.05) is 44.8 Å². The van der Waals surface area contributed by atoms with Crippen LogP contribution in [0.25, 0.3) is 11.4 Å². The molecule has 1 heterocycles. The van der Waals surface area contributed by atoms with Gasteiger partial charge in [0.15, 0.2) is 6.10 Å². The molecule has 0 aliphatic carbocycles. The molecule has 0 fully saturated rings. The molecule has 112 valence electrons. The number of benzene rings is 2. The Morgan fingerprint density at radius 3 is 2.64 bits per heavy atom. The van der Waals surface area contributed by atoms with Gasteiger partial charge in [0.1, 0.15) is 5.75 Å². The van der Waals surface area contributed by atoms with Gasteiger partial charge in [-0.05, 0) is 44.2 Å². The molecule has 2 aromatic carbocycles. The van der Waals surface area contributed by atoms with E-state index in [1.54, 1.807) is 0 Å². The Labute approximate surface area is 137 Å². The van der Waals surface area contributed by atoms with Crippen LogP contribution >= 0.6 is 15.9 Å². The van der Waals surface area contributed by atoms with Gasteiger partial charge >= 0.3 is 0 Å². The van der Waals surface area contributed by atoms with E-state index in [9.17, 15) is 0 Å². The van der Waals surface area contributed by atoms with Crippen molar-refractivity contribution in [2.75, 3.05) is 0 Å². The minimum Gasteiger partial charge on any atom is -0.481 e. The lowest BCUT2D eigenvalue weighted by atomic mass is 10.1. The van der Waals surface area contributed by atoms with Crippen LogP contribution in [-0.4, -0.2) is 10.1 Å². The van der Waals surface area contributed by atoms with Crippen LogP contribution in [0.1, 0.15) is 24.5 Å². The Balaban J connectivity index is 1.76. The van der Waals surface area contributed by atoms with E-state index in [-0.39, 0.29) is 6.10 Å². The quantitative estimate of drug-likeness (QED) is 0.662. The molecule has 0 spiro atoms. The van der Waals surface area contributed by atoms with Crippen LogP contribution in [-0.2, 0) is 0 Å². The largest absolute Gasteiger partial charge is 0.481 e. The molecule has 0 bridgehead atoms. The topological polar surface area (TPSA) is 48.2 Å². The molecule has 0 unspecified atom stereocenters. The molecule has 0 amide bonds. The van der Waals surface area contributed by atoms with Crippen LogP contribution in [0.5, 0.6) is 5.75 Å². The maximum Gasteiger partial charge on any atom is 0.267 e. The molecule has 0 saturated carbocycles. The summed E-state index contributed by atoms with van der Waals surface area (Å²) in [5, 5.41) is 4.03.